The highest BCUT2D eigenvalue weighted by atomic mass is 16.5. The van der Waals surface area contributed by atoms with Crippen LogP contribution in [0.2, 0.25) is 0 Å². The molecule has 2 atom stereocenters. The number of rotatable bonds is 7. The van der Waals surface area contributed by atoms with Gasteiger partial charge >= 0.3 is 0 Å². The zero-order valence-corrected chi connectivity index (χ0v) is 9.12. The van der Waals surface area contributed by atoms with Crippen molar-refractivity contribution >= 4 is 0 Å². The highest BCUT2D eigenvalue weighted by Crippen LogP contribution is 2.07. The Bertz CT molecular complexity index is 115. The minimum atomic E-state index is -0.500. The molecule has 0 amide bonds. The van der Waals surface area contributed by atoms with Crippen LogP contribution in [0.1, 0.15) is 27.2 Å². The molecule has 80 valence electrons. The number of aliphatic hydroxyl groups excluding tert-OH is 1. The molecule has 2 unspecified atom stereocenters. The predicted molar refractivity (Wildman–Crippen MR) is 52.8 cm³/mol. The summed E-state index contributed by atoms with van der Waals surface area (Å²) in [5.74, 6) is 0.634. The molecule has 13 heavy (non-hydrogen) atoms. The Balaban J connectivity index is 3.40. The van der Waals surface area contributed by atoms with Crippen LogP contribution >= 0.6 is 0 Å². The van der Waals surface area contributed by atoms with E-state index in [1.807, 2.05) is 6.92 Å². The van der Waals surface area contributed by atoms with Gasteiger partial charge in [0, 0.05) is 7.11 Å². The lowest BCUT2D eigenvalue weighted by Crippen LogP contribution is -2.24. The molecule has 0 spiro atoms. The average molecular weight is 190 g/mol. The molecule has 3 nitrogen and oxygen atoms in total. The molecule has 0 aromatic heterocycles. The van der Waals surface area contributed by atoms with Crippen LogP contribution in [-0.4, -0.2) is 37.6 Å². The lowest BCUT2D eigenvalue weighted by atomic mass is 10.1. The molecule has 0 bridgehead atoms. The van der Waals surface area contributed by atoms with E-state index in [9.17, 15) is 5.11 Å². The van der Waals surface area contributed by atoms with Gasteiger partial charge in [-0.15, -0.1) is 0 Å². The second-order valence-electron chi connectivity index (χ2n) is 3.88. The fourth-order valence-electron chi connectivity index (χ4n) is 1.25. The summed E-state index contributed by atoms with van der Waals surface area (Å²) in [6.45, 7) is 7.05. The van der Waals surface area contributed by atoms with E-state index in [4.69, 9.17) is 9.47 Å². The van der Waals surface area contributed by atoms with Gasteiger partial charge in [0.1, 0.15) is 6.10 Å². The Hall–Kier alpha value is -0.120. The monoisotopic (exact) mass is 190 g/mol. The zero-order chi connectivity index (χ0) is 10.3. The average Bonchev–Trinajstić information content (AvgIpc) is 2.00. The fourth-order valence-corrected chi connectivity index (χ4v) is 1.25. The summed E-state index contributed by atoms with van der Waals surface area (Å²) in [7, 11) is 1.57. The van der Waals surface area contributed by atoms with E-state index in [0.717, 1.165) is 6.42 Å². The largest absolute Gasteiger partial charge is 0.388 e. The standard InChI is InChI=1S/C10H22O3/c1-8(2)5-9(3)13-7-10(11)6-12-4/h8-11H,5-7H2,1-4H3. The summed E-state index contributed by atoms with van der Waals surface area (Å²) in [4.78, 5) is 0. The molecule has 0 aliphatic heterocycles. The Morgan fingerprint density at radius 2 is 1.77 bits per heavy atom. The van der Waals surface area contributed by atoms with E-state index >= 15 is 0 Å². The minimum Gasteiger partial charge on any atom is -0.388 e. The van der Waals surface area contributed by atoms with Crippen LogP contribution in [-0.2, 0) is 9.47 Å². The van der Waals surface area contributed by atoms with Crippen molar-refractivity contribution < 1.29 is 14.6 Å². The summed E-state index contributed by atoms with van der Waals surface area (Å²) in [6, 6.07) is 0. The third-order valence-electron chi connectivity index (χ3n) is 1.74. The Morgan fingerprint density at radius 1 is 1.15 bits per heavy atom. The molecule has 0 saturated heterocycles. The normalized spacial score (nSPS) is 16.2. The van der Waals surface area contributed by atoms with Crippen molar-refractivity contribution in [2.45, 2.75) is 39.4 Å². The number of methoxy groups -OCH3 is 1. The second kappa shape index (κ2) is 7.30. The maximum absolute atomic E-state index is 9.28. The molecule has 0 fully saturated rings. The van der Waals surface area contributed by atoms with E-state index in [2.05, 4.69) is 13.8 Å². The van der Waals surface area contributed by atoms with Gasteiger partial charge in [-0.25, -0.2) is 0 Å². The first-order chi connectivity index (χ1) is 6.06. The Labute approximate surface area is 81.0 Å². The predicted octanol–water partition coefficient (Wildman–Crippen LogP) is 1.44. The number of aliphatic hydroxyl groups is 1. The van der Waals surface area contributed by atoms with E-state index in [0.29, 0.717) is 19.1 Å². The van der Waals surface area contributed by atoms with Gasteiger partial charge in [-0.3, -0.25) is 0 Å². The molecule has 0 aromatic carbocycles. The highest BCUT2D eigenvalue weighted by Gasteiger charge is 2.08. The van der Waals surface area contributed by atoms with Crippen molar-refractivity contribution in [3.8, 4) is 0 Å². The zero-order valence-electron chi connectivity index (χ0n) is 9.12. The van der Waals surface area contributed by atoms with Crippen LogP contribution in [0.15, 0.2) is 0 Å². The molecule has 0 heterocycles. The van der Waals surface area contributed by atoms with Crippen LogP contribution in [0.5, 0.6) is 0 Å². The number of hydrogen-bond donors (Lipinski definition) is 1. The first-order valence-corrected chi connectivity index (χ1v) is 4.84. The van der Waals surface area contributed by atoms with Gasteiger partial charge in [-0.05, 0) is 19.3 Å². The topological polar surface area (TPSA) is 38.7 Å². The van der Waals surface area contributed by atoms with Crippen molar-refractivity contribution in [2.75, 3.05) is 20.3 Å². The lowest BCUT2D eigenvalue weighted by Gasteiger charge is -2.17. The molecular formula is C10H22O3. The SMILES string of the molecule is COCC(O)COC(C)CC(C)C. The summed E-state index contributed by atoms with van der Waals surface area (Å²) in [6.07, 6.45) is 0.741. The van der Waals surface area contributed by atoms with Gasteiger partial charge in [-0.1, -0.05) is 13.8 Å². The van der Waals surface area contributed by atoms with Gasteiger partial charge < -0.3 is 14.6 Å². The molecule has 3 heteroatoms. The molecule has 0 aromatic rings. The van der Waals surface area contributed by atoms with Gasteiger partial charge in [0.25, 0.3) is 0 Å². The van der Waals surface area contributed by atoms with E-state index in [1.54, 1.807) is 7.11 Å². The van der Waals surface area contributed by atoms with Crippen molar-refractivity contribution in [1.82, 2.24) is 0 Å². The Kier molecular flexibility index (Phi) is 7.23. The maximum Gasteiger partial charge on any atom is 0.101 e. The van der Waals surface area contributed by atoms with Crippen LogP contribution in [0.25, 0.3) is 0 Å². The molecule has 1 N–H and O–H groups in total. The molecule has 0 aliphatic carbocycles. The summed E-state index contributed by atoms with van der Waals surface area (Å²) >= 11 is 0. The quantitative estimate of drug-likeness (QED) is 0.660. The van der Waals surface area contributed by atoms with E-state index in [1.165, 1.54) is 0 Å². The van der Waals surface area contributed by atoms with E-state index < -0.39 is 6.10 Å². The fraction of sp³-hybridized carbons (Fsp3) is 1.00. The second-order valence-corrected chi connectivity index (χ2v) is 3.88. The molecule has 0 aliphatic rings. The van der Waals surface area contributed by atoms with Gasteiger partial charge in [0.2, 0.25) is 0 Å². The van der Waals surface area contributed by atoms with Crippen molar-refractivity contribution in [3.05, 3.63) is 0 Å². The van der Waals surface area contributed by atoms with Crippen molar-refractivity contribution in [1.29, 1.82) is 0 Å². The van der Waals surface area contributed by atoms with Crippen LogP contribution < -0.4 is 0 Å². The van der Waals surface area contributed by atoms with Crippen LogP contribution in [0.3, 0.4) is 0 Å². The van der Waals surface area contributed by atoms with Crippen LogP contribution in [0, 0.1) is 5.92 Å². The van der Waals surface area contributed by atoms with Gasteiger partial charge in [-0.2, -0.15) is 0 Å². The van der Waals surface area contributed by atoms with Gasteiger partial charge in [0.15, 0.2) is 0 Å². The third-order valence-corrected chi connectivity index (χ3v) is 1.74. The molecule has 0 radical (unpaired) electrons. The Morgan fingerprint density at radius 3 is 2.23 bits per heavy atom. The molecule has 0 saturated carbocycles. The van der Waals surface area contributed by atoms with Crippen molar-refractivity contribution in [2.24, 2.45) is 5.92 Å². The smallest absolute Gasteiger partial charge is 0.101 e. The first kappa shape index (κ1) is 12.9. The van der Waals surface area contributed by atoms with Crippen molar-refractivity contribution in [3.63, 3.8) is 0 Å². The third kappa shape index (κ3) is 8.22. The van der Waals surface area contributed by atoms with Gasteiger partial charge in [0.05, 0.1) is 19.3 Å². The summed E-state index contributed by atoms with van der Waals surface area (Å²) in [5.41, 5.74) is 0. The first-order valence-electron chi connectivity index (χ1n) is 4.84. The highest BCUT2D eigenvalue weighted by molar-refractivity contribution is 4.57. The number of hydrogen-bond acceptors (Lipinski definition) is 3. The van der Waals surface area contributed by atoms with E-state index in [-0.39, 0.29) is 6.10 Å². The number of ether oxygens (including phenoxy) is 2. The molecular weight excluding hydrogens is 168 g/mol. The summed E-state index contributed by atoms with van der Waals surface area (Å²) in [5, 5.41) is 9.28. The maximum atomic E-state index is 9.28. The lowest BCUT2D eigenvalue weighted by molar-refractivity contribution is -0.0357. The minimum absolute atomic E-state index is 0.214. The van der Waals surface area contributed by atoms with Crippen LogP contribution in [0.4, 0.5) is 0 Å². The molecule has 0 rings (SSSR count). The summed E-state index contributed by atoms with van der Waals surface area (Å²) < 4.78 is 10.2.